The van der Waals surface area contributed by atoms with Crippen LogP contribution in [0.5, 0.6) is 0 Å². The fourth-order valence-corrected chi connectivity index (χ4v) is 4.64. The molecule has 0 heterocycles. The summed E-state index contributed by atoms with van der Waals surface area (Å²) in [6.45, 7) is 0. The molecule has 0 radical (unpaired) electrons. The zero-order valence-electron chi connectivity index (χ0n) is 12.3. The summed E-state index contributed by atoms with van der Waals surface area (Å²) in [6.07, 6.45) is 0.660. The summed E-state index contributed by atoms with van der Waals surface area (Å²) in [5.41, 5.74) is 0.742. The molecule has 0 aliphatic heterocycles. The zero-order chi connectivity index (χ0) is 15.2. The molecule has 3 rings (SSSR count). The molecule has 0 spiro atoms. The Morgan fingerprint density at radius 1 is 0.636 bits per heavy atom. The number of hydrogen-bond donors (Lipinski definition) is 1. The van der Waals surface area contributed by atoms with Crippen LogP contribution < -0.4 is 0 Å². The third-order valence-corrected chi connectivity index (χ3v) is 5.79. The second-order valence-electron chi connectivity index (χ2n) is 5.11. The average Bonchev–Trinajstić information content (AvgIpc) is 2.58. The van der Waals surface area contributed by atoms with Crippen LogP contribution in [-0.2, 0) is 17.3 Å². The van der Waals surface area contributed by atoms with Crippen molar-refractivity contribution in [2.75, 3.05) is 0 Å². The standard InChI is InChI=1S/C20H19OS/c21-20(16-17-10-4-1-5-11-17)22(18-12-6-2-7-13-18)19-14-8-3-9-15-19/h1-15,20-21H,16H2/q+1. The Hall–Kier alpha value is -2.03. The van der Waals surface area contributed by atoms with E-state index in [1.807, 2.05) is 54.6 Å². The maximum Gasteiger partial charge on any atom is 0.230 e. The first-order valence-corrected chi connectivity index (χ1v) is 8.68. The number of benzene rings is 3. The van der Waals surface area contributed by atoms with Gasteiger partial charge in [-0.1, -0.05) is 66.7 Å². The SMILES string of the molecule is OC(Cc1ccccc1)[S+](c1ccccc1)c1ccccc1. The normalized spacial score (nSPS) is 12.3. The molecule has 0 amide bonds. The van der Waals surface area contributed by atoms with Gasteiger partial charge in [-0.25, -0.2) is 0 Å². The maximum absolute atomic E-state index is 10.9. The van der Waals surface area contributed by atoms with Crippen molar-refractivity contribution in [2.45, 2.75) is 21.6 Å². The van der Waals surface area contributed by atoms with E-state index >= 15 is 0 Å². The van der Waals surface area contributed by atoms with E-state index < -0.39 is 5.44 Å². The summed E-state index contributed by atoms with van der Waals surface area (Å²) in [5, 5.41) is 10.9. The number of hydrogen-bond acceptors (Lipinski definition) is 1. The van der Waals surface area contributed by atoms with Gasteiger partial charge in [-0.2, -0.15) is 0 Å². The molecule has 0 bridgehead atoms. The summed E-state index contributed by atoms with van der Waals surface area (Å²) >= 11 is 0. The molecule has 3 aromatic rings. The van der Waals surface area contributed by atoms with Crippen LogP contribution >= 0.6 is 0 Å². The lowest BCUT2D eigenvalue weighted by atomic mass is 10.2. The Balaban J connectivity index is 1.92. The molecule has 1 atom stereocenters. The molecule has 0 aromatic heterocycles. The molecule has 0 fully saturated rings. The van der Waals surface area contributed by atoms with Gasteiger partial charge in [-0.3, -0.25) is 0 Å². The van der Waals surface area contributed by atoms with Gasteiger partial charge in [0.1, 0.15) is 0 Å². The fourth-order valence-electron chi connectivity index (χ4n) is 2.48. The highest BCUT2D eigenvalue weighted by Crippen LogP contribution is 2.28. The van der Waals surface area contributed by atoms with Crippen LogP contribution in [0, 0.1) is 0 Å². The van der Waals surface area contributed by atoms with Crippen LogP contribution in [0.2, 0.25) is 0 Å². The third-order valence-electron chi connectivity index (χ3n) is 3.52. The van der Waals surface area contributed by atoms with E-state index in [0.717, 1.165) is 0 Å². The van der Waals surface area contributed by atoms with E-state index in [0.29, 0.717) is 6.42 Å². The summed E-state index contributed by atoms with van der Waals surface area (Å²) < 4.78 is 0. The molecular formula is C20H19OS+. The van der Waals surface area contributed by atoms with Crippen LogP contribution in [0.3, 0.4) is 0 Å². The Labute approximate surface area is 134 Å². The Morgan fingerprint density at radius 3 is 1.50 bits per heavy atom. The van der Waals surface area contributed by atoms with Crippen molar-refractivity contribution in [3.63, 3.8) is 0 Å². The smallest absolute Gasteiger partial charge is 0.230 e. The lowest BCUT2D eigenvalue weighted by molar-refractivity contribution is 0.260. The molecule has 1 N–H and O–H groups in total. The predicted octanol–water partition coefficient (Wildman–Crippen LogP) is 4.28. The topological polar surface area (TPSA) is 20.2 Å². The van der Waals surface area contributed by atoms with Crippen LogP contribution in [0.1, 0.15) is 5.56 Å². The highest BCUT2D eigenvalue weighted by molar-refractivity contribution is 7.97. The van der Waals surface area contributed by atoms with Gasteiger partial charge in [-0.15, -0.1) is 0 Å². The highest BCUT2D eigenvalue weighted by atomic mass is 32.2. The molecule has 1 unspecified atom stereocenters. The van der Waals surface area contributed by atoms with Gasteiger partial charge in [0.15, 0.2) is 9.79 Å². The molecule has 0 saturated heterocycles. The van der Waals surface area contributed by atoms with E-state index in [2.05, 4.69) is 36.4 Å². The van der Waals surface area contributed by atoms with E-state index in [-0.39, 0.29) is 10.9 Å². The molecule has 0 saturated carbocycles. The molecule has 110 valence electrons. The van der Waals surface area contributed by atoms with Crippen LogP contribution in [0.15, 0.2) is 101 Å². The summed E-state index contributed by atoms with van der Waals surface area (Å²) in [5.74, 6) is 0. The lowest BCUT2D eigenvalue weighted by Crippen LogP contribution is -2.24. The minimum atomic E-state index is -0.424. The van der Waals surface area contributed by atoms with Crippen molar-refractivity contribution in [3.05, 3.63) is 96.6 Å². The first-order valence-electron chi connectivity index (χ1n) is 7.40. The summed E-state index contributed by atoms with van der Waals surface area (Å²) in [7, 11) is -0.341. The molecule has 0 aliphatic rings. The number of aliphatic hydroxyl groups excluding tert-OH is 1. The van der Waals surface area contributed by atoms with Crippen LogP contribution in [0.25, 0.3) is 0 Å². The van der Waals surface area contributed by atoms with Crippen molar-refractivity contribution in [1.82, 2.24) is 0 Å². The highest BCUT2D eigenvalue weighted by Gasteiger charge is 2.33. The van der Waals surface area contributed by atoms with Gasteiger partial charge in [0.2, 0.25) is 5.44 Å². The predicted molar refractivity (Wildman–Crippen MR) is 92.9 cm³/mol. The van der Waals surface area contributed by atoms with Crippen molar-refractivity contribution >= 4 is 10.9 Å². The quantitative estimate of drug-likeness (QED) is 0.697. The summed E-state index contributed by atoms with van der Waals surface area (Å²) in [4.78, 5) is 2.36. The lowest BCUT2D eigenvalue weighted by Gasteiger charge is -2.14. The Morgan fingerprint density at radius 2 is 1.05 bits per heavy atom. The van der Waals surface area contributed by atoms with Crippen LogP contribution in [-0.4, -0.2) is 10.5 Å². The van der Waals surface area contributed by atoms with Gasteiger partial charge in [0, 0.05) is 6.42 Å². The monoisotopic (exact) mass is 307 g/mol. The zero-order valence-corrected chi connectivity index (χ0v) is 13.1. The minimum absolute atomic E-state index is 0.341. The molecule has 3 aromatic carbocycles. The van der Waals surface area contributed by atoms with Crippen molar-refractivity contribution < 1.29 is 5.11 Å². The number of rotatable bonds is 5. The average molecular weight is 307 g/mol. The molecule has 0 aliphatic carbocycles. The maximum atomic E-state index is 10.9. The van der Waals surface area contributed by atoms with E-state index in [1.165, 1.54) is 15.4 Å². The second-order valence-corrected chi connectivity index (χ2v) is 7.27. The van der Waals surface area contributed by atoms with Gasteiger partial charge < -0.3 is 5.11 Å². The molecule has 1 nitrogen and oxygen atoms in total. The van der Waals surface area contributed by atoms with E-state index in [1.54, 1.807) is 0 Å². The number of aliphatic hydroxyl groups is 1. The van der Waals surface area contributed by atoms with E-state index in [9.17, 15) is 5.11 Å². The van der Waals surface area contributed by atoms with Crippen molar-refractivity contribution in [2.24, 2.45) is 0 Å². The molecule has 2 heteroatoms. The second kappa shape index (κ2) is 7.30. The Bertz CT molecular complexity index is 643. The van der Waals surface area contributed by atoms with Crippen LogP contribution in [0.4, 0.5) is 0 Å². The Kier molecular flexibility index (Phi) is 4.94. The largest absolute Gasteiger partial charge is 0.349 e. The van der Waals surface area contributed by atoms with Gasteiger partial charge >= 0.3 is 0 Å². The first-order chi connectivity index (χ1) is 10.8. The van der Waals surface area contributed by atoms with Gasteiger partial charge in [0.25, 0.3) is 0 Å². The third kappa shape index (κ3) is 3.59. The van der Waals surface area contributed by atoms with Gasteiger partial charge in [-0.05, 0) is 29.8 Å². The van der Waals surface area contributed by atoms with Crippen molar-refractivity contribution in [1.29, 1.82) is 0 Å². The fraction of sp³-hybridized carbons (Fsp3) is 0.100. The minimum Gasteiger partial charge on any atom is -0.349 e. The first kappa shape index (κ1) is 14.9. The summed E-state index contributed by atoms with van der Waals surface area (Å²) in [6, 6.07) is 30.8. The molecular weight excluding hydrogens is 288 g/mol. The van der Waals surface area contributed by atoms with E-state index in [4.69, 9.17) is 0 Å². The molecule has 22 heavy (non-hydrogen) atoms. The van der Waals surface area contributed by atoms with Gasteiger partial charge in [0.05, 0.1) is 10.9 Å². The van der Waals surface area contributed by atoms with Crippen molar-refractivity contribution in [3.8, 4) is 0 Å².